The van der Waals surface area contributed by atoms with Gasteiger partial charge in [0.25, 0.3) is 5.69 Å². The van der Waals surface area contributed by atoms with Crippen LogP contribution in [0.4, 0.5) is 11.4 Å². The van der Waals surface area contributed by atoms with Gasteiger partial charge in [-0.15, -0.1) is 10.2 Å². The molecular formula is C28H28ClN5O4S. The van der Waals surface area contributed by atoms with Crippen LogP contribution >= 0.6 is 23.4 Å². The lowest BCUT2D eigenvalue weighted by atomic mass is 9.87. The summed E-state index contributed by atoms with van der Waals surface area (Å²) in [5.41, 5.74) is 3.04. The molecule has 0 radical (unpaired) electrons. The molecule has 39 heavy (non-hydrogen) atoms. The zero-order chi connectivity index (χ0) is 28.3. The Morgan fingerprint density at radius 2 is 1.74 bits per heavy atom. The van der Waals surface area contributed by atoms with E-state index in [1.165, 1.54) is 35.5 Å². The fourth-order valence-electron chi connectivity index (χ4n) is 3.78. The van der Waals surface area contributed by atoms with Gasteiger partial charge in [-0.1, -0.05) is 68.4 Å². The van der Waals surface area contributed by atoms with Gasteiger partial charge in [-0.05, 0) is 48.2 Å². The van der Waals surface area contributed by atoms with Crippen molar-refractivity contribution in [1.29, 1.82) is 0 Å². The molecule has 1 unspecified atom stereocenters. The summed E-state index contributed by atoms with van der Waals surface area (Å²) in [4.78, 5) is 23.5. The van der Waals surface area contributed by atoms with Crippen LogP contribution in [0.3, 0.4) is 0 Å². The number of hydrogen-bond acceptors (Lipinski definition) is 7. The lowest BCUT2D eigenvalue weighted by Crippen LogP contribution is -2.23. The molecule has 4 aromatic rings. The molecule has 4 rings (SSSR count). The van der Waals surface area contributed by atoms with Gasteiger partial charge in [0.1, 0.15) is 5.75 Å². The highest BCUT2D eigenvalue weighted by atomic mass is 35.5. The molecule has 0 aliphatic carbocycles. The number of nitrogens with zero attached hydrogens (tertiary/aromatic N) is 4. The summed E-state index contributed by atoms with van der Waals surface area (Å²) in [7, 11) is 1.61. The normalized spacial score (nSPS) is 12.2. The average molecular weight is 566 g/mol. The van der Waals surface area contributed by atoms with E-state index in [0.29, 0.717) is 16.7 Å². The summed E-state index contributed by atoms with van der Waals surface area (Å²) in [5, 5.41) is 22.6. The van der Waals surface area contributed by atoms with Crippen LogP contribution in [0.1, 0.15) is 33.3 Å². The van der Waals surface area contributed by atoms with E-state index in [2.05, 4.69) is 48.4 Å². The van der Waals surface area contributed by atoms with Crippen LogP contribution in [-0.4, -0.2) is 38.0 Å². The van der Waals surface area contributed by atoms with E-state index in [9.17, 15) is 14.9 Å². The van der Waals surface area contributed by atoms with Crippen LogP contribution < -0.4 is 10.1 Å². The Labute approximate surface area is 235 Å². The molecule has 3 aromatic carbocycles. The van der Waals surface area contributed by atoms with E-state index >= 15 is 0 Å². The van der Waals surface area contributed by atoms with Gasteiger partial charge in [-0.2, -0.15) is 0 Å². The zero-order valence-electron chi connectivity index (χ0n) is 22.1. The number of nitro benzene ring substituents is 1. The van der Waals surface area contributed by atoms with E-state index in [4.69, 9.17) is 16.3 Å². The Morgan fingerprint density at radius 3 is 2.31 bits per heavy atom. The van der Waals surface area contributed by atoms with Gasteiger partial charge in [0.15, 0.2) is 11.0 Å². The van der Waals surface area contributed by atoms with Crippen LogP contribution in [0, 0.1) is 10.1 Å². The third-order valence-electron chi connectivity index (χ3n) is 6.05. The molecule has 1 aromatic heterocycles. The number of rotatable bonds is 8. The Kier molecular flexibility index (Phi) is 8.27. The first kappa shape index (κ1) is 28.1. The van der Waals surface area contributed by atoms with Crippen LogP contribution in [0.2, 0.25) is 5.02 Å². The van der Waals surface area contributed by atoms with Crippen molar-refractivity contribution >= 4 is 40.6 Å². The standard InChI is InChI=1S/C28H28ClN5O4S/c1-17(26(35)30-24-15-12-21(34(36)37)16-23(24)29)39-27-32-31-25(18-6-8-19(9-7-18)28(2,3)4)33(27)20-10-13-22(38-5)14-11-20/h6-17H,1-5H3,(H,30,35). The van der Waals surface area contributed by atoms with Gasteiger partial charge < -0.3 is 10.1 Å². The number of amides is 1. The van der Waals surface area contributed by atoms with E-state index in [-0.39, 0.29) is 27.7 Å². The number of halogens is 1. The predicted octanol–water partition coefficient (Wildman–Crippen LogP) is 6.92. The van der Waals surface area contributed by atoms with Crippen molar-refractivity contribution in [3.63, 3.8) is 0 Å². The van der Waals surface area contributed by atoms with Crippen molar-refractivity contribution in [2.75, 3.05) is 12.4 Å². The SMILES string of the molecule is COc1ccc(-n2c(SC(C)C(=O)Nc3ccc([N+](=O)[O-])cc3Cl)nnc2-c2ccc(C(C)(C)C)cc2)cc1. The number of thioether (sulfide) groups is 1. The van der Waals surface area contributed by atoms with Gasteiger partial charge in [-0.25, -0.2) is 0 Å². The molecule has 1 heterocycles. The molecule has 11 heteroatoms. The third-order valence-corrected chi connectivity index (χ3v) is 7.40. The second-order valence-corrected chi connectivity index (χ2v) is 11.6. The molecule has 0 aliphatic rings. The largest absolute Gasteiger partial charge is 0.497 e. The number of benzene rings is 3. The van der Waals surface area contributed by atoms with Gasteiger partial charge in [0.2, 0.25) is 5.91 Å². The van der Waals surface area contributed by atoms with Gasteiger partial charge >= 0.3 is 0 Å². The summed E-state index contributed by atoms with van der Waals surface area (Å²) in [6.07, 6.45) is 0. The Bertz CT molecular complexity index is 1500. The molecule has 0 saturated heterocycles. The minimum atomic E-state index is -0.589. The second-order valence-electron chi connectivity index (χ2n) is 9.84. The number of nitrogens with one attached hydrogen (secondary N) is 1. The smallest absolute Gasteiger partial charge is 0.271 e. The monoisotopic (exact) mass is 565 g/mol. The number of methoxy groups -OCH3 is 1. The molecule has 1 amide bonds. The van der Waals surface area contributed by atoms with E-state index in [1.807, 2.05) is 41.0 Å². The van der Waals surface area contributed by atoms with Gasteiger partial charge in [0.05, 0.1) is 28.0 Å². The zero-order valence-corrected chi connectivity index (χ0v) is 23.7. The first-order valence-corrected chi connectivity index (χ1v) is 13.4. The number of non-ortho nitro benzene ring substituents is 1. The van der Waals surface area contributed by atoms with Crippen LogP contribution in [0.25, 0.3) is 17.1 Å². The Balaban J connectivity index is 1.64. The third kappa shape index (κ3) is 6.40. The molecular weight excluding hydrogens is 538 g/mol. The average Bonchev–Trinajstić information content (AvgIpc) is 3.32. The molecule has 1 N–H and O–H groups in total. The summed E-state index contributed by atoms with van der Waals surface area (Å²) < 4.78 is 7.21. The number of hydrogen-bond donors (Lipinski definition) is 1. The van der Waals surface area contributed by atoms with Crippen molar-refractivity contribution in [2.45, 2.75) is 43.5 Å². The van der Waals surface area contributed by atoms with E-state index < -0.39 is 10.2 Å². The lowest BCUT2D eigenvalue weighted by Gasteiger charge is -2.19. The van der Waals surface area contributed by atoms with Crippen LogP contribution in [0.15, 0.2) is 71.9 Å². The van der Waals surface area contributed by atoms with E-state index in [1.54, 1.807) is 14.0 Å². The number of carbonyl (C=O) groups is 1. The van der Waals surface area contributed by atoms with Crippen molar-refractivity contribution in [1.82, 2.24) is 14.8 Å². The molecule has 0 saturated carbocycles. The summed E-state index contributed by atoms with van der Waals surface area (Å²) in [5.74, 6) is 1.01. The molecule has 0 spiro atoms. The molecule has 0 aliphatic heterocycles. The molecule has 202 valence electrons. The molecule has 0 fully saturated rings. The van der Waals surface area contributed by atoms with Crippen molar-refractivity contribution < 1.29 is 14.5 Å². The quantitative estimate of drug-likeness (QED) is 0.140. The van der Waals surface area contributed by atoms with Crippen LogP contribution in [0.5, 0.6) is 5.75 Å². The highest BCUT2D eigenvalue weighted by molar-refractivity contribution is 8.00. The van der Waals surface area contributed by atoms with E-state index in [0.717, 1.165) is 11.3 Å². The maximum atomic E-state index is 13.0. The minimum Gasteiger partial charge on any atom is -0.497 e. The predicted molar refractivity (Wildman–Crippen MR) is 154 cm³/mol. The minimum absolute atomic E-state index is 0.0125. The number of nitro groups is 1. The van der Waals surface area contributed by atoms with Gasteiger partial charge in [-0.3, -0.25) is 19.5 Å². The molecule has 0 bridgehead atoms. The maximum absolute atomic E-state index is 13.0. The summed E-state index contributed by atoms with van der Waals surface area (Å²) >= 11 is 7.39. The number of aromatic nitrogens is 3. The summed E-state index contributed by atoms with van der Waals surface area (Å²) in [6.45, 7) is 8.22. The highest BCUT2D eigenvalue weighted by Gasteiger charge is 2.23. The first-order chi connectivity index (χ1) is 18.5. The Morgan fingerprint density at radius 1 is 1.08 bits per heavy atom. The van der Waals surface area contributed by atoms with Crippen molar-refractivity contribution in [2.24, 2.45) is 0 Å². The molecule has 1 atom stereocenters. The van der Waals surface area contributed by atoms with Crippen molar-refractivity contribution in [3.8, 4) is 22.8 Å². The molecule has 9 nitrogen and oxygen atoms in total. The van der Waals surface area contributed by atoms with Crippen LogP contribution in [-0.2, 0) is 10.2 Å². The van der Waals surface area contributed by atoms with Crippen molar-refractivity contribution in [3.05, 3.63) is 87.4 Å². The Hall–Kier alpha value is -3.89. The highest BCUT2D eigenvalue weighted by Crippen LogP contribution is 2.33. The van der Waals surface area contributed by atoms with Gasteiger partial charge in [0, 0.05) is 23.4 Å². The fraction of sp³-hybridized carbons (Fsp3) is 0.250. The topological polar surface area (TPSA) is 112 Å². The second kappa shape index (κ2) is 11.5. The number of ether oxygens (including phenoxy) is 1. The maximum Gasteiger partial charge on any atom is 0.271 e. The first-order valence-electron chi connectivity index (χ1n) is 12.1. The lowest BCUT2D eigenvalue weighted by molar-refractivity contribution is -0.384. The number of carbonyl (C=O) groups excluding carboxylic acids is 1. The fourth-order valence-corrected chi connectivity index (χ4v) is 4.87. The number of anilines is 1. The summed E-state index contributed by atoms with van der Waals surface area (Å²) in [6, 6.07) is 19.6.